The first kappa shape index (κ1) is 11.7. The Morgan fingerprint density at radius 3 is 2.88 bits per heavy atom. The van der Waals surface area contributed by atoms with Crippen molar-refractivity contribution in [3.05, 3.63) is 48.0 Å². The van der Waals surface area contributed by atoms with Gasteiger partial charge in [0.1, 0.15) is 5.82 Å². The van der Waals surface area contributed by atoms with Crippen molar-refractivity contribution in [3.8, 4) is 0 Å². The molecule has 0 amide bonds. The topological polar surface area (TPSA) is 41.3 Å². The van der Waals surface area contributed by atoms with Crippen LogP contribution >= 0.6 is 0 Å². The normalized spacial score (nSPS) is 10.8. The largest absolute Gasteiger partial charge is 0.472 e. The number of anilines is 1. The third-order valence-electron chi connectivity index (χ3n) is 2.53. The van der Waals surface area contributed by atoms with Crippen LogP contribution in [0.3, 0.4) is 0 Å². The highest BCUT2D eigenvalue weighted by molar-refractivity contribution is 5.34. The van der Waals surface area contributed by atoms with Gasteiger partial charge >= 0.3 is 0 Å². The molecule has 4 heteroatoms. The number of aromatic nitrogens is 1. The summed E-state index contributed by atoms with van der Waals surface area (Å²) in [5, 5.41) is 3.04. The quantitative estimate of drug-likeness (QED) is 0.857. The van der Waals surface area contributed by atoms with Crippen LogP contribution in [0.25, 0.3) is 0 Å². The summed E-state index contributed by atoms with van der Waals surface area (Å²) in [5.41, 5.74) is 2.24. The molecular weight excluding hydrogens is 214 g/mol. The molecule has 0 bridgehead atoms. The second-order valence-corrected chi connectivity index (χ2v) is 4.07. The van der Waals surface area contributed by atoms with Gasteiger partial charge in [-0.2, -0.15) is 0 Å². The Kier molecular flexibility index (Phi) is 3.77. The zero-order valence-electron chi connectivity index (χ0n) is 10.2. The van der Waals surface area contributed by atoms with Crippen molar-refractivity contribution >= 4 is 5.82 Å². The maximum absolute atomic E-state index is 5.05. The summed E-state index contributed by atoms with van der Waals surface area (Å²) in [6.07, 6.45) is 3.47. The van der Waals surface area contributed by atoms with Crippen molar-refractivity contribution in [2.45, 2.75) is 13.1 Å². The van der Waals surface area contributed by atoms with Crippen LogP contribution in [-0.2, 0) is 13.1 Å². The molecule has 90 valence electrons. The summed E-state index contributed by atoms with van der Waals surface area (Å²) < 4.78 is 5.05. The van der Waals surface area contributed by atoms with E-state index in [1.807, 2.05) is 31.3 Å². The lowest BCUT2D eigenvalue weighted by atomic mass is 10.3. The van der Waals surface area contributed by atoms with Crippen LogP contribution in [0.5, 0.6) is 0 Å². The van der Waals surface area contributed by atoms with Gasteiger partial charge in [-0.25, -0.2) is 4.98 Å². The van der Waals surface area contributed by atoms with Gasteiger partial charge in [-0.3, -0.25) is 4.90 Å². The molecule has 17 heavy (non-hydrogen) atoms. The lowest BCUT2D eigenvalue weighted by molar-refractivity contribution is 0.314. The molecule has 0 aliphatic carbocycles. The zero-order chi connectivity index (χ0) is 12.1. The molecule has 0 spiro atoms. The van der Waals surface area contributed by atoms with E-state index < -0.39 is 0 Å². The van der Waals surface area contributed by atoms with Crippen molar-refractivity contribution in [3.63, 3.8) is 0 Å². The first-order chi connectivity index (χ1) is 8.28. The molecule has 4 nitrogen and oxygen atoms in total. The molecule has 1 N–H and O–H groups in total. The summed E-state index contributed by atoms with van der Waals surface area (Å²) in [5.74, 6) is 0.902. The zero-order valence-corrected chi connectivity index (χ0v) is 10.2. The number of pyridine rings is 1. The summed E-state index contributed by atoms with van der Waals surface area (Å²) in [6.45, 7) is 1.68. The molecule has 2 rings (SSSR count). The summed E-state index contributed by atoms with van der Waals surface area (Å²) in [4.78, 5) is 6.69. The second kappa shape index (κ2) is 5.50. The van der Waals surface area contributed by atoms with Gasteiger partial charge in [0.2, 0.25) is 0 Å². The minimum Gasteiger partial charge on any atom is -0.472 e. The van der Waals surface area contributed by atoms with Gasteiger partial charge in [-0.05, 0) is 25.2 Å². The van der Waals surface area contributed by atoms with Crippen LogP contribution < -0.4 is 5.32 Å². The smallest absolute Gasteiger partial charge is 0.126 e. The number of nitrogens with one attached hydrogen (secondary N) is 1. The average molecular weight is 231 g/mol. The maximum atomic E-state index is 5.05. The molecule has 2 aromatic rings. The standard InChI is InChI=1S/C13H17N3O/c1-14-13-5-3-4-12(15-13)9-16(2)8-11-6-7-17-10-11/h3-7,10H,8-9H2,1-2H3,(H,14,15). The molecular formula is C13H17N3O. The minimum atomic E-state index is 0.820. The maximum Gasteiger partial charge on any atom is 0.126 e. The van der Waals surface area contributed by atoms with Crippen LogP contribution in [0.4, 0.5) is 5.82 Å². The molecule has 0 aliphatic rings. The van der Waals surface area contributed by atoms with E-state index in [1.54, 1.807) is 12.5 Å². The van der Waals surface area contributed by atoms with E-state index in [0.29, 0.717) is 0 Å². The third kappa shape index (κ3) is 3.32. The van der Waals surface area contributed by atoms with Crippen molar-refractivity contribution in [2.75, 3.05) is 19.4 Å². The van der Waals surface area contributed by atoms with E-state index in [4.69, 9.17) is 4.42 Å². The van der Waals surface area contributed by atoms with E-state index in [2.05, 4.69) is 22.2 Å². The van der Waals surface area contributed by atoms with Gasteiger partial charge < -0.3 is 9.73 Å². The Morgan fingerprint density at radius 2 is 2.18 bits per heavy atom. The van der Waals surface area contributed by atoms with Crippen LogP contribution in [0.1, 0.15) is 11.3 Å². The first-order valence-electron chi connectivity index (χ1n) is 5.61. The van der Waals surface area contributed by atoms with Gasteiger partial charge in [-0.1, -0.05) is 6.07 Å². The number of furan rings is 1. The number of hydrogen-bond acceptors (Lipinski definition) is 4. The Morgan fingerprint density at radius 1 is 1.29 bits per heavy atom. The van der Waals surface area contributed by atoms with Gasteiger partial charge in [0.05, 0.1) is 18.2 Å². The Balaban J connectivity index is 1.95. The van der Waals surface area contributed by atoms with Crippen molar-refractivity contribution in [1.82, 2.24) is 9.88 Å². The molecule has 0 radical (unpaired) electrons. The molecule has 2 heterocycles. The van der Waals surface area contributed by atoms with E-state index in [9.17, 15) is 0 Å². The number of rotatable bonds is 5. The van der Waals surface area contributed by atoms with Crippen LogP contribution in [0, 0.1) is 0 Å². The van der Waals surface area contributed by atoms with Gasteiger partial charge in [0.15, 0.2) is 0 Å². The molecule has 0 unspecified atom stereocenters. The predicted molar refractivity (Wildman–Crippen MR) is 67.7 cm³/mol. The Bertz CT molecular complexity index is 453. The fraction of sp³-hybridized carbons (Fsp3) is 0.308. The average Bonchev–Trinajstić information content (AvgIpc) is 2.82. The Hall–Kier alpha value is -1.81. The second-order valence-electron chi connectivity index (χ2n) is 4.07. The van der Waals surface area contributed by atoms with E-state index in [-0.39, 0.29) is 0 Å². The van der Waals surface area contributed by atoms with Crippen molar-refractivity contribution in [1.29, 1.82) is 0 Å². The van der Waals surface area contributed by atoms with E-state index >= 15 is 0 Å². The fourth-order valence-electron chi connectivity index (χ4n) is 1.73. The van der Waals surface area contributed by atoms with E-state index in [0.717, 1.165) is 24.6 Å². The lowest BCUT2D eigenvalue weighted by Gasteiger charge is -2.15. The van der Waals surface area contributed by atoms with Gasteiger partial charge in [0.25, 0.3) is 0 Å². The number of nitrogens with zero attached hydrogens (tertiary/aromatic N) is 2. The molecule has 0 fully saturated rings. The number of hydrogen-bond donors (Lipinski definition) is 1. The SMILES string of the molecule is CNc1cccc(CN(C)Cc2ccoc2)n1. The highest BCUT2D eigenvalue weighted by Gasteiger charge is 2.04. The van der Waals surface area contributed by atoms with E-state index in [1.165, 1.54) is 5.56 Å². The third-order valence-corrected chi connectivity index (χ3v) is 2.53. The summed E-state index contributed by atoms with van der Waals surface area (Å²) in [7, 11) is 3.95. The Labute approximate surface area is 101 Å². The van der Waals surface area contributed by atoms with Crippen LogP contribution in [-0.4, -0.2) is 24.0 Å². The molecule has 0 aromatic carbocycles. The molecule has 0 aliphatic heterocycles. The van der Waals surface area contributed by atoms with Gasteiger partial charge in [0, 0.05) is 25.7 Å². The minimum absolute atomic E-state index is 0.820. The van der Waals surface area contributed by atoms with Crippen LogP contribution in [0.15, 0.2) is 41.2 Å². The lowest BCUT2D eigenvalue weighted by Crippen LogP contribution is -2.17. The summed E-state index contributed by atoms with van der Waals surface area (Å²) in [6, 6.07) is 7.99. The van der Waals surface area contributed by atoms with Gasteiger partial charge in [-0.15, -0.1) is 0 Å². The highest BCUT2D eigenvalue weighted by Crippen LogP contribution is 2.09. The first-order valence-corrected chi connectivity index (χ1v) is 5.61. The molecule has 0 atom stereocenters. The molecule has 0 saturated carbocycles. The summed E-state index contributed by atoms with van der Waals surface area (Å²) >= 11 is 0. The molecule has 2 aromatic heterocycles. The fourth-order valence-corrected chi connectivity index (χ4v) is 1.73. The van der Waals surface area contributed by atoms with Crippen molar-refractivity contribution in [2.24, 2.45) is 0 Å². The molecule has 0 saturated heterocycles. The van der Waals surface area contributed by atoms with Crippen LogP contribution in [0.2, 0.25) is 0 Å². The monoisotopic (exact) mass is 231 g/mol. The highest BCUT2D eigenvalue weighted by atomic mass is 16.3. The van der Waals surface area contributed by atoms with Crippen molar-refractivity contribution < 1.29 is 4.42 Å². The predicted octanol–water partition coefficient (Wildman–Crippen LogP) is 2.35.